The Labute approximate surface area is 230 Å². The van der Waals surface area contributed by atoms with Gasteiger partial charge in [0.15, 0.2) is 0 Å². The highest BCUT2D eigenvalue weighted by Crippen LogP contribution is 2.41. The van der Waals surface area contributed by atoms with Crippen LogP contribution in [0.3, 0.4) is 0 Å². The summed E-state index contributed by atoms with van der Waals surface area (Å²) < 4.78 is 134. The molecule has 39 heavy (non-hydrogen) atoms. The molecule has 0 aliphatic heterocycles. The van der Waals surface area contributed by atoms with E-state index in [2.05, 4.69) is 31.9 Å². The van der Waals surface area contributed by atoms with E-state index in [4.69, 9.17) is 0 Å². The Morgan fingerprint density at radius 3 is 2.08 bits per heavy atom. The summed E-state index contributed by atoms with van der Waals surface area (Å²) in [4.78, 5) is 24.0. The highest BCUT2D eigenvalue weighted by atomic mass is 79.9. The second-order valence-corrected chi connectivity index (χ2v) is 9.45. The maximum Gasteiger partial charge on any atom is 0.417 e. The van der Waals surface area contributed by atoms with Crippen LogP contribution < -0.4 is 10.7 Å². The number of allylic oxidation sites excluding steroid dienone is 1. The van der Waals surface area contributed by atoms with Gasteiger partial charge in [0.05, 0.1) is 11.1 Å². The quantitative estimate of drug-likeness (QED) is 0.248. The van der Waals surface area contributed by atoms with Crippen LogP contribution in [0.5, 0.6) is 0 Å². The van der Waals surface area contributed by atoms with Crippen molar-refractivity contribution in [3.8, 4) is 0 Å². The third-order valence-corrected chi connectivity index (χ3v) is 6.71. The number of amides is 3. The fourth-order valence-corrected chi connectivity index (χ4v) is 3.65. The number of nitrogens with one attached hydrogen (secondary N) is 2. The summed E-state index contributed by atoms with van der Waals surface area (Å²) in [5.74, 6) is -5.85. The zero-order chi connectivity index (χ0) is 29.9. The van der Waals surface area contributed by atoms with E-state index in [1.165, 1.54) is 11.4 Å². The summed E-state index contributed by atoms with van der Waals surface area (Å²) in [7, 11) is 0.741. The van der Waals surface area contributed by atoms with E-state index in [0.29, 0.717) is 16.6 Å². The second kappa shape index (κ2) is 12.1. The molecule has 0 fully saturated rings. The monoisotopic (exact) mass is 701 g/mol. The molecule has 2 aromatic carbocycles. The van der Waals surface area contributed by atoms with Gasteiger partial charge in [-0.1, -0.05) is 12.1 Å². The van der Waals surface area contributed by atoms with Crippen LogP contribution in [0.15, 0.2) is 51.4 Å². The minimum atomic E-state index is -5.32. The summed E-state index contributed by atoms with van der Waals surface area (Å²) >= 11 is 6.09. The molecule has 0 aliphatic carbocycles. The topological polar surface area (TPSA) is 61.4 Å². The molecule has 17 heteroatoms. The summed E-state index contributed by atoms with van der Waals surface area (Å²) in [6.07, 6.45) is -15.1. The molecule has 0 spiro atoms. The van der Waals surface area contributed by atoms with Crippen molar-refractivity contribution in [2.75, 3.05) is 13.6 Å². The zero-order valence-electron chi connectivity index (χ0n) is 19.1. The van der Waals surface area contributed by atoms with Crippen LogP contribution in [-0.2, 0) is 6.18 Å². The Hall–Kier alpha value is -2.82. The summed E-state index contributed by atoms with van der Waals surface area (Å²) in [6.45, 7) is -1.80. The second-order valence-electron chi connectivity index (χ2n) is 7.74. The first-order valence-corrected chi connectivity index (χ1v) is 11.8. The number of hydrogen-bond donors (Lipinski definition) is 2. The van der Waals surface area contributed by atoms with Crippen molar-refractivity contribution in [2.45, 2.75) is 24.4 Å². The van der Waals surface area contributed by atoms with Crippen molar-refractivity contribution < 1.29 is 53.5 Å². The molecule has 0 aromatic heterocycles. The van der Waals surface area contributed by atoms with Crippen molar-refractivity contribution in [2.24, 2.45) is 0 Å². The van der Waals surface area contributed by atoms with Crippen molar-refractivity contribution in [1.29, 1.82) is 0 Å². The SMILES string of the molecule is CN(NC(=O)c1ccc(/C(F)=C/C(c2ccc(Br)c(Br)c2)C(F)(F)F)cc1C(F)(F)F)C(=O)NCC(F)(F)F. The van der Waals surface area contributed by atoms with Crippen molar-refractivity contribution in [1.82, 2.24) is 15.8 Å². The van der Waals surface area contributed by atoms with Crippen LogP contribution in [0.25, 0.3) is 5.83 Å². The molecule has 0 heterocycles. The lowest BCUT2D eigenvalue weighted by molar-refractivity contribution is -0.140. The van der Waals surface area contributed by atoms with Gasteiger partial charge in [-0.2, -0.15) is 39.5 Å². The maximum atomic E-state index is 14.9. The number of nitrogens with zero attached hydrogens (tertiary/aromatic N) is 1. The fraction of sp³-hybridized carbons (Fsp3) is 0.273. The van der Waals surface area contributed by atoms with Crippen LogP contribution in [0, 0.1) is 0 Å². The van der Waals surface area contributed by atoms with Crippen LogP contribution >= 0.6 is 31.9 Å². The lowest BCUT2D eigenvalue weighted by atomic mass is 9.95. The Morgan fingerprint density at radius 1 is 0.949 bits per heavy atom. The lowest BCUT2D eigenvalue weighted by Crippen LogP contribution is -2.50. The predicted molar refractivity (Wildman–Crippen MR) is 126 cm³/mol. The van der Waals surface area contributed by atoms with Crippen LogP contribution in [0.1, 0.15) is 33.0 Å². The third kappa shape index (κ3) is 9.12. The third-order valence-electron chi connectivity index (χ3n) is 4.83. The van der Waals surface area contributed by atoms with Crippen molar-refractivity contribution in [3.63, 3.8) is 0 Å². The molecule has 3 amide bonds. The molecular formula is C22H15Br2F10N3O2. The number of carbonyl (C=O) groups excluding carboxylic acids is 2. The van der Waals surface area contributed by atoms with E-state index in [9.17, 15) is 53.5 Å². The molecular weight excluding hydrogens is 688 g/mol. The summed E-state index contributed by atoms with van der Waals surface area (Å²) in [5, 5.41) is 1.51. The van der Waals surface area contributed by atoms with E-state index in [0.717, 1.165) is 19.2 Å². The van der Waals surface area contributed by atoms with E-state index in [-0.39, 0.29) is 21.6 Å². The number of benzene rings is 2. The Morgan fingerprint density at radius 2 is 1.56 bits per heavy atom. The van der Waals surface area contributed by atoms with Crippen molar-refractivity contribution in [3.05, 3.63) is 73.7 Å². The van der Waals surface area contributed by atoms with Gasteiger partial charge in [-0.05, 0) is 67.8 Å². The normalized spacial score (nSPS) is 13.6. The fourth-order valence-electron chi connectivity index (χ4n) is 3.01. The van der Waals surface area contributed by atoms with E-state index >= 15 is 0 Å². The first kappa shape index (κ1) is 32.4. The largest absolute Gasteiger partial charge is 0.417 e. The highest BCUT2D eigenvalue weighted by Gasteiger charge is 2.41. The van der Waals surface area contributed by atoms with E-state index in [1.807, 2.05) is 0 Å². The Balaban J connectivity index is 2.42. The van der Waals surface area contributed by atoms with Gasteiger partial charge in [0.25, 0.3) is 5.91 Å². The van der Waals surface area contributed by atoms with Gasteiger partial charge in [0.2, 0.25) is 0 Å². The molecule has 5 nitrogen and oxygen atoms in total. The molecule has 2 aromatic rings. The number of hydrazine groups is 1. The molecule has 0 saturated heterocycles. The van der Waals surface area contributed by atoms with Gasteiger partial charge in [0.1, 0.15) is 18.3 Å². The minimum absolute atomic E-state index is 0.0731. The number of urea groups is 1. The molecule has 0 aliphatic rings. The van der Waals surface area contributed by atoms with Crippen LogP contribution in [0.2, 0.25) is 0 Å². The first-order chi connectivity index (χ1) is 17.7. The van der Waals surface area contributed by atoms with Gasteiger partial charge < -0.3 is 5.32 Å². The minimum Gasteiger partial charge on any atom is -0.327 e. The predicted octanol–water partition coefficient (Wildman–Crippen LogP) is 7.74. The maximum absolute atomic E-state index is 14.9. The van der Waals surface area contributed by atoms with E-state index < -0.39 is 71.0 Å². The average Bonchev–Trinajstić information content (AvgIpc) is 2.80. The molecule has 2 rings (SSSR count). The first-order valence-electron chi connectivity index (χ1n) is 10.2. The molecule has 1 unspecified atom stereocenters. The number of carbonyl (C=O) groups is 2. The summed E-state index contributed by atoms with van der Waals surface area (Å²) in [5.41, 5.74) is -2.70. The van der Waals surface area contributed by atoms with Gasteiger partial charge in [-0.15, -0.1) is 0 Å². The van der Waals surface area contributed by atoms with Gasteiger partial charge >= 0.3 is 24.6 Å². The molecule has 0 radical (unpaired) electrons. The summed E-state index contributed by atoms with van der Waals surface area (Å²) in [6, 6.07) is 2.95. The molecule has 0 saturated carbocycles. The number of hydrogen-bond acceptors (Lipinski definition) is 2. The number of rotatable bonds is 5. The Kier molecular flexibility index (Phi) is 10.1. The van der Waals surface area contributed by atoms with Gasteiger partial charge in [0, 0.05) is 21.6 Å². The van der Waals surface area contributed by atoms with Crippen LogP contribution in [0.4, 0.5) is 48.7 Å². The van der Waals surface area contributed by atoms with Crippen LogP contribution in [-0.4, -0.2) is 42.9 Å². The molecule has 2 N–H and O–H groups in total. The average molecular weight is 703 g/mol. The van der Waals surface area contributed by atoms with E-state index in [1.54, 1.807) is 5.43 Å². The van der Waals surface area contributed by atoms with Gasteiger partial charge in [-0.25, -0.2) is 14.2 Å². The zero-order valence-corrected chi connectivity index (χ0v) is 22.3. The smallest absolute Gasteiger partial charge is 0.327 e. The van der Waals surface area contributed by atoms with Gasteiger partial charge in [-0.3, -0.25) is 10.2 Å². The lowest BCUT2D eigenvalue weighted by Gasteiger charge is -2.21. The Bertz CT molecular complexity index is 1260. The molecule has 214 valence electrons. The number of alkyl halides is 9. The molecule has 0 bridgehead atoms. The number of halogens is 12. The molecule has 1 atom stereocenters. The highest BCUT2D eigenvalue weighted by molar-refractivity contribution is 9.13. The van der Waals surface area contributed by atoms with Crippen molar-refractivity contribution >= 4 is 49.6 Å². The standard InChI is InChI=1S/C22H15Br2F10N3O2/c1-37(19(39)35-9-20(26,27)28)36-18(38)12-4-2-11(6-14(12)22(32,33)34)17(25)8-13(21(29,30)31)10-3-5-15(23)16(24)7-10/h2-8,13H,9H2,1H3,(H,35,39)(H,36,38)/b17-8-.